The molecule has 6 nitrogen and oxygen atoms in total. The van der Waals surface area contributed by atoms with Gasteiger partial charge in [-0.1, -0.05) is 51.1 Å². The number of benzene rings is 1. The van der Waals surface area contributed by atoms with Crippen LogP contribution in [-0.4, -0.2) is 34.0 Å². The summed E-state index contributed by atoms with van der Waals surface area (Å²) >= 11 is 0. The lowest BCUT2D eigenvalue weighted by atomic mass is 9.73. The quantitative estimate of drug-likeness (QED) is 0.628. The zero-order valence-corrected chi connectivity index (χ0v) is 14.6. The Bertz CT molecular complexity index is 810. The predicted octanol–water partition coefficient (Wildman–Crippen LogP) is 2.67. The van der Waals surface area contributed by atoms with Crippen LogP contribution in [0.25, 0.3) is 10.9 Å². The van der Waals surface area contributed by atoms with Crippen LogP contribution >= 0.6 is 0 Å². The number of hydrogen-bond acceptors (Lipinski definition) is 5. The van der Waals surface area contributed by atoms with Crippen LogP contribution in [0.4, 0.5) is 0 Å². The van der Waals surface area contributed by atoms with Gasteiger partial charge in [-0.15, -0.1) is 0 Å². The largest absolute Gasteiger partial charge is 0.297 e. The molecular weight excluding hydrogens is 328 g/mol. The first kappa shape index (κ1) is 18.2. The Labute approximate surface area is 141 Å². The summed E-state index contributed by atoms with van der Waals surface area (Å²) in [6.45, 7) is 5.38. The van der Waals surface area contributed by atoms with Gasteiger partial charge >= 0.3 is 0 Å². The molecule has 0 saturated heterocycles. The molecular formula is C17H20N2O4S. The summed E-state index contributed by atoms with van der Waals surface area (Å²) in [6.07, 6.45) is 6.29. The number of allylic oxidation sites excluding steroid dienone is 1. The minimum Gasteiger partial charge on any atom is -0.297 e. The highest BCUT2D eigenvalue weighted by molar-refractivity contribution is 7.87. The maximum atomic E-state index is 11.6. The van der Waals surface area contributed by atoms with Crippen LogP contribution < -0.4 is 0 Å². The summed E-state index contributed by atoms with van der Waals surface area (Å²) in [4.78, 5) is 19.6. The average Bonchev–Trinajstić information content (AvgIpc) is 2.52. The topological polar surface area (TPSA) is 97.2 Å². The Balaban J connectivity index is 0.000000182. The maximum Gasteiger partial charge on any atom is 0.278 e. The van der Waals surface area contributed by atoms with E-state index in [2.05, 4.69) is 9.97 Å². The third-order valence-electron chi connectivity index (χ3n) is 4.26. The third-order valence-corrected chi connectivity index (χ3v) is 5.29. The molecule has 1 aliphatic rings. The molecule has 2 atom stereocenters. The van der Waals surface area contributed by atoms with Crippen molar-refractivity contribution in [3.63, 3.8) is 0 Å². The number of fused-ring (bicyclic) bond motifs is 1. The van der Waals surface area contributed by atoms with Crippen LogP contribution in [0.3, 0.4) is 0 Å². The number of nitrogens with zero attached hydrogens (tertiary/aromatic N) is 2. The normalized spacial score (nSPS) is 22.8. The number of aromatic nitrogens is 2. The van der Waals surface area contributed by atoms with E-state index < -0.39 is 27.1 Å². The summed E-state index contributed by atoms with van der Waals surface area (Å²) in [5, 5.41) is -0.296. The lowest BCUT2D eigenvalue weighted by Gasteiger charge is -2.32. The van der Waals surface area contributed by atoms with Gasteiger partial charge in [0.25, 0.3) is 10.1 Å². The number of Topliss-reactive ketones (excluding diaryl/α,β-unsaturated/α-hetero) is 1. The van der Waals surface area contributed by atoms with E-state index in [1.54, 1.807) is 19.3 Å². The smallest absolute Gasteiger partial charge is 0.278 e. The van der Waals surface area contributed by atoms with Crippen molar-refractivity contribution < 1.29 is 17.8 Å². The van der Waals surface area contributed by atoms with Crippen LogP contribution in [-0.2, 0) is 14.9 Å². The van der Waals surface area contributed by atoms with Gasteiger partial charge in [-0.25, -0.2) is 9.97 Å². The minimum absolute atomic E-state index is 0.349. The van der Waals surface area contributed by atoms with E-state index in [9.17, 15) is 13.2 Å². The van der Waals surface area contributed by atoms with Crippen LogP contribution in [0.15, 0.2) is 48.9 Å². The van der Waals surface area contributed by atoms with Crippen molar-refractivity contribution >= 4 is 26.8 Å². The van der Waals surface area contributed by atoms with Gasteiger partial charge in [0.2, 0.25) is 0 Å². The summed E-state index contributed by atoms with van der Waals surface area (Å²) in [5.74, 6) is -0.848. The van der Waals surface area contributed by atoms with E-state index in [-0.39, 0.29) is 5.41 Å². The summed E-state index contributed by atoms with van der Waals surface area (Å²) in [5.41, 5.74) is 0.649. The first-order valence-corrected chi connectivity index (χ1v) is 8.97. The van der Waals surface area contributed by atoms with Gasteiger partial charge in [-0.05, 0) is 11.5 Å². The van der Waals surface area contributed by atoms with E-state index >= 15 is 0 Å². The Morgan fingerprint density at radius 1 is 1.21 bits per heavy atom. The number of para-hydroxylation sites is 1. The van der Waals surface area contributed by atoms with Crippen LogP contribution in [0.1, 0.15) is 20.8 Å². The Morgan fingerprint density at radius 3 is 2.50 bits per heavy atom. The molecule has 7 heteroatoms. The minimum atomic E-state index is -4.29. The molecule has 1 N–H and O–H groups in total. The molecule has 0 amide bonds. The van der Waals surface area contributed by atoms with Gasteiger partial charge in [0.05, 0.1) is 5.52 Å². The zero-order valence-electron chi connectivity index (χ0n) is 13.7. The Morgan fingerprint density at radius 2 is 1.88 bits per heavy atom. The van der Waals surface area contributed by atoms with Crippen molar-refractivity contribution in [2.24, 2.45) is 11.3 Å². The number of rotatable bonds is 1. The molecule has 0 fully saturated rings. The third kappa shape index (κ3) is 4.04. The first-order valence-electron chi connectivity index (χ1n) is 7.47. The molecule has 128 valence electrons. The molecule has 0 aliphatic heterocycles. The highest BCUT2D eigenvalue weighted by Crippen LogP contribution is 2.34. The van der Waals surface area contributed by atoms with Gasteiger partial charge in [0, 0.05) is 17.5 Å². The van der Waals surface area contributed by atoms with Gasteiger partial charge in [0.1, 0.15) is 6.33 Å². The van der Waals surface area contributed by atoms with Gasteiger partial charge < -0.3 is 0 Å². The van der Waals surface area contributed by atoms with E-state index in [0.29, 0.717) is 0 Å². The lowest BCUT2D eigenvalue weighted by Crippen LogP contribution is -2.41. The Kier molecular flexibility index (Phi) is 5.15. The van der Waals surface area contributed by atoms with Crippen molar-refractivity contribution in [2.75, 3.05) is 0 Å². The summed E-state index contributed by atoms with van der Waals surface area (Å²) < 4.78 is 30.5. The van der Waals surface area contributed by atoms with Crippen molar-refractivity contribution in [1.82, 2.24) is 9.97 Å². The van der Waals surface area contributed by atoms with Crippen molar-refractivity contribution in [2.45, 2.75) is 26.0 Å². The van der Waals surface area contributed by atoms with E-state index in [0.717, 1.165) is 10.9 Å². The highest BCUT2D eigenvalue weighted by atomic mass is 32.2. The highest BCUT2D eigenvalue weighted by Gasteiger charge is 2.41. The van der Waals surface area contributed by atoms with Crippen molar-refractivity contribution in [1.29, 1.82) is 0 Å². The van der Waals surface area contributed by atoms with E-state index in [1.165, 1.54) is 6.08 Å². The first-order chi connectivity index (χ1) is 11.1. The number of carbonyl (C=O) groups excluding carboxylic acids is 1. The number of hydrogen-bond donors (Lipinski definition) is 1. The second-order valence-electron chi connectivity index (χ2n) is 6.32. The molecule has 1 aliphatic carbocycles. The average molecular weight is 348 g/mol. The fraction of sp³-hybridized carbons (Fsp3) is 0.353. The molecule has 1 heterocycles. The van der Waals surface area contributed by atoms with Crippen LogP contribution in [0.5, 0.6) is 0 Å². The lowest BCUT2D eigenvalue weighted by molar-refractivity contribution is -0.124. The van der Waals surface area contributed by atoms with E-state index in [4.69, 9.17) is 4.55 Å². The van der Waals surface area contributed by atoms with Gasteiger partial charge in [-0.3, -0.25) is 9.35 Å². The maximum absolute atomic E-state index is 11.6. The monoisotopic (exact) mass is 348 g/mol. The van der Waals surface area contributed by atoms with Gasteiger partial charge in [0.15, 0.2) is 11.0 Å². The predicted molar refractivity (Wildman–Crippen MR) is 92.0 cm³/mol. The Hall–Kier alpha value is -2.12. The molecule has 0 saturated carbocycles. The molecule has 0 radical (unpaired) electrons. The van der Waals surface area contributed by atoms with Crippen molar-refractivity contribution in [3.05, 3.63) is 48.9 Å². The SMILES string of the molecule is CC1C(=O)C(S(=O)(=O)O)C=CC1(C)C.c1ccc2ncncc2c1. The summed E-state index contributed by atoms with van der Waals surface area (Å²) in [6, 6.07) is 7.91. The summed E-state index contributed by atoms with van der Waals surface area (Å²) in [7, 11) is -4.29. The fourth-order valence-electron chi connectivity index (χ4n) is 2.36. The van der Waals surface area contributed by atoms with Crippen LogP contribution in [0.2, 0.25) is 0 Å². The second kappa shape index (κ2) is 6.78. The molecule has 1 aromatic carbocycles. The molecule has 1 aromatic heterocycles. The number of ketones is 1. The van der Waals surface area contributed by atoms with Crippen LogP contribution in [0, 0.1) is 11.3 Å². The second-order valence-corrected chi connectivity index (χ2v) is 7.86. The van der Waals surface area contributed by atoms with E-state index in [1.807, 2.05) is 44.3 Å². The van der Waals surface area contributed by atoms with Gasteiger partial charge in [-0.2, -0.15) is 8.42 Å². The standard InChI is InChI=1S/C9H14O4S.C8H6N2/c1-6-8(10)7(14(11,12)13)4-5-9(6,2)3;1-2-4-8-7(3-1)5-9-6-10-8/h4-7H,1-3H3,(H,11,12,13);1-6H. The molecule has 0 bridgehead atoms. The number of carbonyl (C=O) groups is 1. The zero-order chi connectivity index (χ0) is 18.0. The molecule has 3 rings (SSSR count). The molecule has 24 heavy (non-hydrogen) atoms. The molecule has 2 unspecified atom stereocenters. The molecule has 0 spiro atoms. The fourth-order valence-corrected chi connectivity index (χ4v) is 3.13. The molecule has 2 aromatic rings. The van der Waals surface area contributed by atoms with Crippen molar-refractivity contribution in [3.8, 4) is 0 Å².